The molecule has 0 unspecified atom stereocenters. The minimum atomic E-state index is -4.46. The molecule has 0 radical (unpaired) electrons. The Morgan fingerprint density at radius 3 is 2.67 bits per heavy atom. The lowest BCUT2D eigenvalue weighted by molar-refractivity contribution is -0.137. The van der Waals surface area contributed by atoms with Crippen LogP contribution in [0.2, 0.25) is 0 Å². The summed E-state index contributed by atoms with van der Waals surface area (Å²) in [6, 6.07) is 9.11. The minimum Gasteiger partial charge on any atom is -0.391 e. The van der Waals surface area contributed by atoms with Crippen molar-refractivity contribution in [3.8, 4) is 0 Å². The maximum absolute atomic E-state index is 12.9. The predicted molar refractivity (Wildman–Crippen MR) is 80.1 cm³/mol. The maximum atomic E-state index is 12.9. The van der Waals surface area contributed by atoms with Crippen LogP contribution in [0.3, 0.4) is 0 Å². The first-order valence-corrected chi connectivity index (χ1v) is 7.43. The van der Waals surface area contributed by atoms with Gasteiger partial charge in [-0.2, -0.15) is 13.2 Å². The van der Waals surface area contributed by atoms with Gasteiger partial charge in [-0.3, -0.25) is 9.78 Å². The fourth-order valence-corrected chi connectivity index (χ4v) is 2.91. The topological polar surface area (TPSA) is 53.4 Å². The number of alkyl halides is 3. The number of aromatic nitrogens is 1. The molecule has 1 amide bonds. The number of hydrogen-bond acceptors (Lipinski definition) is 3. The predicted octanol–water partition coefficient (Wildman–Crippen LogP) is 3.05. The summed E-state index contributed by atoms with van der Waals surface area (Å²) in [5.41, 5.74) is -0.221. The Balaban J connectivity index is 1.93. The summed E-state index contributed by atoms with van der Waals surface area (Å²) in [4.78, 5) is 17.9. The van der Waals surface area contributed by atoms with Crippen LogP contribution in [0.15, 0.2) is 48.7 Å². The van der Waals surface area contributed by atoms with E-state index < -0.39 is 29.8 Å². The zero-order chi connectivity index (χ0) is 17.3. The summed E-state index contributed by atoms with van der Waals surface area (Å²) in [5.74, 6) is -0.408. The molecular weight excluding hydrogens is 321 g/mol. The number of rotatable bonds is 2. The number of β-amino-alcohol motifs (C(OH)–C–C–N with tert-alkyl or cyclic N) is 1. The summed E-state index contributed by atoms with van der Waals surface area (Å²) < 4.78 is 38.7. The average Bonchev–Trinajstić information content (AvgIpc) is 2.96. The fraction of sp³-hybridized carbons (Fsp3) is 0.294. The molecule has 3 rings (SSSR count). The summed E-state index contributed by atoms with van der Waals surface area (Å²) in [6.45, 7) is 0.0658. The van der Waals surface area contributed by atoms with Gasteiger partial charge in [-0.1, -0.05) is 18.2 Å². The smallest absolute Gasteiger partial charge is 0.391 e. The van der Waals surface area contributed by atoms with E-state index in [1.165, 1.54) is 29.3 Å². The summed E-state index contributed by atoms with van der Waals surface area (Å²) in [6.07, 6.45) is -3.57. The highest BCUT2D eigenvalue weighted by Crippen LogP contribution is 2.36. The van der Waals surface area contributed by atoms with Crippen LogP contribution in [-0.4, -0.2) is 33.5 Å². The fourth-order valence-electron chi connectivity index (χ4n) is 2.91. The van der Waals surface area contributed by atoms with Gasteiger partial charge in [-0.05, 0) is 36.2 Å². The van der Waals surface area contributed by atoms with E-state index in [-0.39, 0.29) is 18.7 Å². The highest BCUT2D eigenvalue weighted by atomic mass is 19.4. The molecule has 0 saturated carbocycles. The van der Waals surface area contributed by atoms with Crippen molar-refractivity contribution >= 4 is 5.91 Å². The standard InChI is InChI=1S/C17H15F3N2O2/c18-17(19,20)12-5-3-4-11(8-12)15-9-13(23)10-22(15)16(24)14-6-1-2-7-21-14/h1-8,13,15,23H,9-10H2/t13-,15+/m1/s1. The largest absolute Gasteiger partial charge is 0.416 e. The van der Waals surface area contributed by atoms with Gasteiger partial charge in [0.15, 0.2) is 0 Å². The van der Waals surface area contributed by atoms with Crippen LogP contribution in [0.25, 0.3) is 0 Å². The lowest BCUT2D eigenvalue weighted by Crippen LogP contribution is -2.32. The monoisotopic (exact) mass is 336 g/mol. The number of halogens is 3. The normalized spacial score (nSPS) is 21.1. The minimum absolute atomic E-state index is 0.0658. The SMILES string of the molecule is O=C(c1ccccn1)N1C[C@H](O)C[C@H]1c1cccc(C(F)(F)F)c1. The van der Waals surface area contributed by atoms with Gasteiger partial charge in [0.1, 0.15) is 5.69 Å². The highest BCUT2D eigenvalue weighted by molar-refractivity contribution is 5.92. The second-order valence-corrected chi connectivity index (χ2v) is 5.70. The number of aliphatic hydroxyl groups excluding tert-OH is 1. The van der Waals surface area contributed by atoms with Crippen molar-refractivity contribution in [2.75, 3.05) is 6.54 Å². The number of carbonyl (C=O) groups excluding carboxylic acids is 1. The lowest BCUT2D eigenvalue weighted by atomic mass is 10.0. The van der Waals surface area contributed by atoms with E-state index >= 15 is 0 Å². The molecule has 1 aliphatic rings. The first-order chi connectivity index (χ1) is 11.4. The Morgan fingerprint density at radius 1 is 1.21 bits per heavy atom. The number of carbonyl (C=O) groups is 1. The van der Waals surface area contributed by atoms with E-state index in [0.717, 1.165) is 12.1 Å². The molecule has 2 atom stereocenters. The maximum Gasteiger partial charge on any atom is 0.416 e. The number of benzene rings is 1. The van der Waals surface area contributed by atoms with Crippen molar-refractivity contribution in [1.29, 1.82) is 0 Å². The molecule has 2 heterocycles. The number of amides is 1. The van der Waals surface area contributed by atoms with Crippen molar-refractivity contribution in [2.24, 2.45) is 0 Å². The van der Waals surface area contributed by atoms with E-state index in [1.54, 1.807) is 12.1 Å². The number of hydrogen-bond donors (Lipinski definition) is 1. The average molecular weight is 336 g/mol. The summed E-state index contributed by atoms with van der Waals surface area (Å²) >= 11 is 0. The second-order valence-electron chi connectivity index (χ2n) is 5.70. The third-order valence-electron chi connectivity index (χ3n) is 4.02. The van der Waals surface area contributed by atoms with Crippen molar-refractivity contribution in [1.82, 2.24) is 9.88 Å². The van der Waals surface area contributed by atoms with Gasteiger partial charge >= 0.3 is 6.18 Å². The molecule has 1 N–H and O–H groups in total. The molecule has 2 aromatic rings. The summed E-state index contributed by atoms with van der Waals surface area (Å²) in [5, 5.41) is 9.92. The summed E-state index contributed by atoms with van der Waals surface area (Å²) in [7, 11) is 0. The Hall–Kier alpha value is -2.41. The third-order valence-corrected chi connectivity index (χ3v) is 4.02. The van der Waals surface area contributed by atoms with E-state index in [9.17, 15) is 23.1 Å². The van der Waals surface area contributed by atoms with Crippen molar-refractivity contribution in [2.45, 2.75) is 24.7 Å². The molecule has 0 spiro atoms. The van der Waals surface area contributed by atoms with Crippen LogP contribution in [-0.2, 0) is 6.18 Å². The molecule has 1 aromatic heterocycles. The first kappa shape index (κ1) is 16.4. The van der Waals surface area contributed by atoms with Crippen LogP contribution >= 0.6 is 0 Å². The number of aliphatic hydroxyl groups is 1. The number of nitrogens with zero attached hydrogens (tertiary/aromatic N) is 2. The van der Waals surface area contributed by atoms with E-state index in [0.29, 0.717) is 5.56 Å². The third kappa shape index (κ3) is 3.26. The van der Waals surface area contributed by atoms with E-state index in [4.69, 9.17) is 0 Å². The van der Waals surface area contributed by atoms with Gasteiger partial charge in [0.2, 0.25) is 0 Å². The molecule has 24 heavy (non-hydrogen) atoms. The Labute approximate surface area is 136 Å². The molecule has 1 fully saturated rings. The van der Waals surface area contributed by atoms with Gasteiger partial charge in [0, 0.05) is 12.7 Å². The van der Waals surface area contributed by atoms with Gasteiger partial charge in [-0.25, -0.2) is 0 Å². The van der Waals surface area contributed by atoms with Gasteiger partial charge < -0.3 is 10.0 Å². The molecule has 1 aliphatic heterocycles. The van der Waals surface area contributed by atoms with E-state index in [1.807, 2.05) is 0 Å². The van der Waals surface area contributed by atoms with Crippen LogP contribution in [0, 0.1) is 0 Å². The second kappa shape index (κ2) is 6.24. The lowest BCUT2D eigenvalue weighted by Gasteiger charge is -2.25. The molecule has 7 heteroatoms. The van der Waals surface area contributed by atoms with Crippen LogP contribution in [0.1, 0.15) is 34.1 Å². The molecule has 0 aliphatic carbocycles. The zero-order valence-corrected chi connectivity index (χ0v) is 12.6. The van der Waals surface area contributed by atoms with Crippen molar-refractivity contribution in [3.05, 3.63) is 65.5 Å². The molecule has 4 nitrogen and oxygen atoms in total. The molecule has 1 aromatic carbocycles. The highest BCUT2D eigenvalue weighted by Gasteiger charge is 2.37. The van der Waals surface area contributed by atoms with Crippen LogP contribution in [0.4, 0.5) is 13.2 Å². The number of pyridine rings is 1. The van der Waals surface area contributed by atoms with Gasteiger partial charge in [0.25, 0.3) is 5.91 Å². The van der Waals surface area contributed by atoms with Crippen LogP contribution < -0.4 is 0 Å². The molecular formula is C17H15F3N2O2. The van der Waals surface area contributed by atoms with Crippen LogP contribution in [0.5, 0.6) is 0 Å². The van der Waals surface area contributed by atoms with Crippen molar-refractivity contribution < 1.29 is 23.1 Å². The van der Waals surface area contributed by atoms with E-state index in [2.05, 4.69) is 4.98 Å². The van der Waals surface area contributed by atoms with Gasteiger partial charge in [0.05, 0.1) is 17.7 Å². The molecule has 126 valence electrons. The Bertz CT molecular complexity index is 734. The van der Waals surface area contributed by atoms with Gasteiger partial charge in [-0.15, -0.1) is 0 Å². The zero-order valence-electron chi connectivity index (χ0n) is 12.6. The number of likely N-dealkylation sites (tertiary alicyclic amines) is 1. The quantitative estimate of drug-likeness (QED) is 0.917. The van der Waals surface area contributed by atoms with Crippen molar-refractivity contribution in [3.63, 3.8) is 0 Å². The Morgan fingerprint density at radius 2 is 2.00 bits per heavy atom. The Kier molecular flexibility index (Phi) is 4.28. The molecule has 1 saturated heterocycles. The molecule has 0 bridgehead atoms. The first-order valence-electron chi connectivity index (χ1n) is 7.43.